The maximum atomic E-state index is 13.5. The van der Waals surface area contributed by atoms with E-state index in [2.05, 4.69) is 14.9 Å². The van der Waals surface area contributed by atoms with Crippen LogP contribution >= 0.6 is 11.6 Å². The highest BCUT2D eigenvalue weighted by atomic mass is 35.5. The summed E-state index contributed by atoms with van der Waals surface area (Å²) in [5.41, 5.74) is 2.42. The molecule has 0 saturated carbocycles. The molecule has 4 aromatic rings. The zero-order valence-corrected chi connectivity index (χ0v) is 18.0. The summed E-state index contributed by atoms with van der Waals surface area (Å²) in [4.78, 5) is 26.1. The lowest BCUT2D eigenvalue weighted by Crippen LogP contribution is -2.49. The van der Waals surface area contributed by atoms with Crippen molar-refractivity contribution in [3.8, 4) is 0 Å². The Morgan fingerprint density at radius 3 is 2.41 bits per heavy atom. The normalized spacial score (nSPS) is 14.2. The smallest absolute Gasteiger partial charge is 0.270 e. The molecule has 8 heteroatoms. The van der Waals surface area contributed by atoms with E-state index in [1.807, 2.05) is 33.7 Å². The second kappa shape index (κ2) is 8.59. The molecule has 2 aromatic heterocycles. The Balaban J connectivity index is 1.42. The topological polar surface area (TPSA) is 54.3 Å². The average Bonchev–Trinajstić information content (AvgIpc) is 3.18. The van der Waals surface area contributed by atoms with E-state index in [1.165, 1.54) is 12.1 Å². The van der Waals surface area contributed by atoms with E-state index < -0.39 is 0 Å². The summed E-state index contributed by atoms with van der Waals surface area (Å²) < 4.78 is 15.4. The number of aromatic nitrogens is 3. The molecule has 0 unspecified atom stereocenters. The van der Waals surface area contributed by atoms with Crippen LogP contribution in [0.5, 0.6) is 0 Å². The summed E-state index contributed by atoms with van der Waals surface area (Å²) in [5, 5.41) is 1.52. The molecule has 1 aliphatic heterocycles. The van der Waals surface area contributed by atoms with Crippen LogP contribution in [0.2, 0.25) is 5.02 Å². The second-order valence-electron chi connectivity index (χ2n) is 7.77. The number of hydrogen-bond acceptors (Lipinski definition) is 4. The van der Waals surface area contributed by atoms with Gasteiger partial charge in [0, 0.05) is 61.0 Å². The summed E-state index contributed by atoms with van der Waals surface area (Å²) in [6.45, 7) is 2.95. The fourth-order valence-electron chi connectivity index (χ4n) is 4.09. The van der Waals surface area contributed by atoms with Crippen LogP contribution in [-0.2, 0) is 6.54 Å². The highest BCUT2D eigenvalue weighted by molar-refractivity contribution is 6.31. The maximum absolute atomic E-state index is 13.5. The lowest BCUT2D eigenvalue weighted by atomic mass is 10.2. The van der Waals surface area contributed by atoms with Gasteiger partial charge in [0.05, 0.1) is 0 Å². The summed E-state index contributed by atoms with van der Waals surface area (Å²) in [5.74, 6) is 0.363. The highest BCUT2D eigenvalue weighted by Crippen LogP contribution is 2.26. The van der Waals surface area contributed by atoms with E-state index in [0.717, 1.165) is 16.5 Å². The van der Waals surface area contributed by atoms with E-state index in [4.69, 9.17) is 11.6 Å². The third-order valence-corrected chi connectivity index (χ3v) is 5.97. The van der Waals surface area contributed by atoms with Crippen molar-refractivity contribution in [3.05, 3.63) is 89.1 Å². The number of halogens is 2. The lowest BCUT2D eigenvalue weighted by molar-refractivity contribution is 0.0736. The first kappa shape index (κ1) is 20.5. The molecule has 1 aliphatic rings. The Morgan fingerprint density at radius 1 is 0.969 bits per heavy atom. The molecule has 1 fully saturated rings. The molecule has 6 nitrogen and oxygen atoms in total. The van der Waals surface area contributed by atoms with Crippen molar-refractivity contribution in [2.45, 2.75) is 6.54 Å². The van der Waals surface area contributed by atoms with E-state index in [9.17, 15) is 9.18 Å². The van der Waals surface area contributed by atoms with Crippen LogP contribution in [0.25, 0.3) is 10.9 Å². The Morgan fingerprint density at radius 2 is 1.69 bits per heavy atom. The fraction of sp³-hybridized carbons (Fsp3) is 0.208. The van der Waals surface area contributed by atoms with Gasteiger partial charge in [-0.25, -0.2) is 14.4 Å². The van der Waals surface area contributed by atoms with Gasteiger partial charge in [0.15, 0.2) is 0 Å². The molecule has 2 aromatic carbocycles. The molecule has 0 aliphatic carbocycles. The zero-order chi connectivity index (χ0) is 22.1. The van der Waals surface area contributed by atoms with E-state index >= 15 is 0 Å². The summed E-state index contributed by atoms with van der Waals surface area (Å²) in [6.07, 6.45) is 3.44. The van der Waals surface area contributed by atoms with Gasteiger partial charge >= 0.3 is 0 Å². The number of carbonyl (C=O) groups excluding carboxylic acids is 1. The molecule has 0 radical (unpaired) electrons. The van der Waals surface area contributed by atoms with Gasteiger partial charge in [-0.3, -0.25) is 4.79 Å². The van der Waals surface area contributed by atoms with Gasteiger partial charge in [-0.1, -0.05) is 23.7 Å². The average molecular weight is 450 g/mol. The molecule has 3 heterocycles. The van der Waals surface area contributed by atoms with Gasteiger partial charge in [0.2, 0.25) is 5.95 Å². The molecule has 0 N–H and O–H groups in total. The molecule has 0 spiro atoms. The van der Waals surface area contributed by atoms with Crippen LogP contribution in [0.3, 0.4) is 0 Å². The molecule has 0 atom stereocenters. The largest absolute Gasteiger partial charge is 0.337 e. The van der Waals surface area contributed by atoms with Crippen molar-refractivity contribution < 1.29 is 9.18 Å². The van der Waals surface area contributed by atoms with Crippen molar-refractivity contribution in [1.29, 1.82) is 0 Å². The third-order valence-electron chi connectivity index (χ3n) is 5.74. The van der Waals surface area contributed by atoms with Crippen LogP contribution in [0, 0.1) is 5.82 Å². The number of carbonyl (C=O) groups is 1. The Labute approximate surface area is 189 Å². The van der Waals surface area contributed by atoms with Gasteiger partial charge in [0.25, 0.3) is 5.91 Å². The molecular weight excluding hydrogens is 429 g/mol. The minimum atomic E-state index is -0.283. The van der Waals surface area contributed by atoms with Crippen LogP contribution in [0.1, 0.15) is 16.1 Å². The molecule has 0 bridgehead atoms. The number of nitrogens with zero attached hydrogens (tertiary/aromatic N) is 5. The molecule has 5 rings (SSSR count). The number of fused-ring (bicyclic) bond motifs is 1. The SMILES string of the molecule is O=C(c1cc2cc(Cl)ccc2n1Cc1ccc(F)cc1)N1CCN(c2ncccn2)CC1. The molecule has 162 valence electrons. The van der Waals surface area contributed by atoms with Crippen molar-refractivity contribution in [3.63, 3.8) is 0 Å². The molecule has 1 amide bonds. The van der Waals surface area contributed by atoms with Gasteiger partial charge in [-0.15, -0.1) is 0 Å². The Hall–Kier alpha value is -3.45. The van der Waals surface area contributed by atoms with Crippen molar-refractivity contribution in [1.82, 2.24) is 19.4 Å². The third kappa shape index (κ3) is 4.03. The molecular formula is C24H21ClFN5O. The van der Waals surface area contributed by atoms with Gasteiger partial charge in [0.1, 0.15) is 11.5 Å². The first-order chi connectivity index (χ1) is 15.6. The lowest BCUT2D eigenvalue weighted by Gasteiger charge is -2.34. The summed E-state index contributed by atoms with van der Waals surface area (Å²) >= 11 is 6.20. The number of hydrogen-bond donors (Lipinski definition) is 0. The second-order valence-corrected chi connectivity index (χ2v) is 8.21. The Bertz CT molecular complexity index is 1250. The van der Waals surface area contributed by atoms with Crippen molar-refractivity contribution in [2.24, 2.45) is 0 Å². The molecule has 1 saturated heterocycles. The number of piperazine rings is 1. The van der Waals surface area contributed by atoms with Gasteiger partial charge < -0.3 is 14.4 Å². The fourth-order valence-corrected chi connectivity index (χ4v) is 4.27. The Kier molecular flexibility index (Phi) is 5.49. The van der Waals surface area contributed by atoms with E-state index in [0.29, 0.717) is 49.4 Å². The predicted molar refractivity (Wildman–Crippen MR) is 123 cm³/mol. The number of rotatable bonds is 4. The van der Waals surface area contributed by atoms with Crippen LogP contribution in [0.15, 0.2) is 67.0 Å². The van der Waals surface area contributed by atoms with Crippen molar-refractivity contribution in [2.75, 3.05) is 31.1 Å². The van der Waals surface area contributed by atoms with Gasteiger partial charge in [-0.05, 0) is 48.0 Å². The first-order valence-electron chi connectivity index (χ1n) is 10.4. The summed E-state index contributed by atoms with van der Waals surface area (Å²) in [7, 11) is 0. The number of amides is 1. The minimum absolute atomic E-state index is 0.0342. The number of anilines is 1. The van der Waals surface area contributed by atoms with Gasteiger partial charge in [-0.2, -0.15) is 0 Å². The summed E-state index contributed by atoms with van der Waals surface area (Å²) in [6, 6.07) is 15.6. The van der Waals surface area contributed by atoms with Crippen LogP contribution in [-0.4, -0.2) is 51.5 Å². The first-order valence-corrected chi connectivity index (χ1v) is 10.8. The van der Waals surface area contributed by atoms with Crippen molar-refractivity contribution >= 4 is 34.4 Å². The monoisotopic (exact) mass is 449 g/mol. The standard InChI is InChI=1S/C24H21ClFN5O/c25-19-4-7-21-18(14-19)15-22(31(21)16-17-2-5-20(26)6-3-17)23(32)29-10-12-30(13-11-29)24-27-8-1-9-28-24/h1-9,14-15H,10-13,16H2. The highest BCUT2D eigenvalue weighted by Gasteiger charge is 2.26. The zero-order valence-electron chi connectivity index (χ0n) is 17.3. The maximum Gasteiger partial charge on any atom is 0.270 e. The molecule has 32 heavy (non-hydrogen) atoms. The quantitative estimate of drug-likeness (QED) is 0.467. The number of benzene rings is 2. The van der Waals surface area contributed by atoms with E-state index in [1.54, 1.807) is 30.6 Å². The van der Waals surface area contributed by atoms with Crippen LogP contribution in [0.4, 0.5) is 10.3 Å². The predicted octanol–water partition coefficient (Wildman–Crippen LogP) is 4.23. The van der Waals surface area contributed by atoms with E-state index in [-0.39, 0.29) is 11.7 Å². The van der Waals surface area contributed by atoms with Crippen LogP contribution < -0.4 is 4.90 Å². The minimum Gasteiger partial charge on any atom is -0.337 e.